The van der Waals surface area contributed by atoms with Gasteiger partial charge in [-0.3, -0.25) is 0 Å². The third-order valence-electron chi connectivity index (χ3n) is 3.68. The minimum absolute atomic E-state index is 0.224. The molecule has 0 radical (unpaired) electrons. The van der Waals surface area contributed by atoms with Crippen molar-refractivity contribution >= 4 is 0 Å². The molecule has 1 aliphatic heterocycles. The number of hydrogen-bond donors (Lipinski definition) is 0. The van der Waals surface area contributed by atoms with Gasteiger partial charge in [0, 0.05) is 18.2 Å². The fourth-order valence-corrected chi connectivity index (χ4v) is 2.27. The topological polar surface area (TPSA) is 55.4 Å². The summed E-state index contributed by atoms with van der Waals surface area (Å²) in [6.45, 7) is 7.91. The summed E-state index contributed by atoms with van der Waals surface area (Å²) in [5, 5.41) is 0. The Morgan fingerprint density at radius 3 is 2.38 bits per heavy atom. The molecule has 26 heavy (non-hydrogen) atoms. The molecule has 1 aliphatic rings. The van der Waals surface area contributed by atoms with Gasteiger partial charge < -0.3 is 28.4 Å². The monoisotopic (exact) mass is 364 g/mol. The van der Waals surface area contributed by atoms with Crippen LogP contribution in [0.25, 0.3) is 0 Å². The number of unbranched alkanes of at least 4 members (excludes halogenated alkanes) is 1. The highest BCUT2D eigenvalue weighted by Gasteiger charge is 2.18. The molecule has 6 nitrogen and oxygen atoms in total. The van der Waals surface area contributed by atoms with Crippen LogP contribution in [-0.4, -0.2) is 46.4 Å². The molecule has 0 N–H and O–H groups in total. The third kappa shape index (κ3) is 7.12. The van der Waals surface area contributed by atoms with Crippen molar-refractivity contribution in [3.05, 3.63) is 17.7 Å². The maximum Gasteiger partial charge on any atom is 0.231 e. The predicted molar refractivity (Wildman–Crippen MR) is 97.7 cm³/mol. The van der Waals surface area contributed by atoms with Crippen LogP contribution in [0.2, 0.25) is 0 Å². The lowest BCUT2D eigenvalue weighted by atomic mass is 10.2. The molecule has 0 unspecified atom stereocenters. The second-order valence-electron chi connectivity index (χ2n) is 5.66. The number of ether oxygens (including phenoxy) is 6. The Kier molecular flexibility index (Phi) is 9.73. The number of benzene rings is 1. The van der Waals surface area contributed by atoms with Gasteiger partial charge in [-0.2, -0.15) is 0 Å². The molecule has 0 aliphatic carbocycles. The Morgan fingerprint density at radius 1 is 0.962 bits per heavy atom. The molecule has 0 fully saturated rings. The van der Waals surface area contributed by atoms with Crippen LogP contribution in [0.1, 0.15) is 32.3 Å². The van der Waals surface area contributed by atoms with E-state index in [1.807, 2.05) is 12.1 Å². The van der Waals surface area contributed by atoms with E-state index in [-0.39, 0.29) is 6.79 Å². The lowest BCUT2D eigenvalue weighted by Crippen LogP contribution is -2.10. The molecule has 1 heterocycles. The molecule has 144 valence electrons. The summed E-state index contributed by atoms with van der Waals surface area (Å²) in [4.78, 5) is 0. The van der Waals surface area contributed by atoms with Crippen molar-refractivity contribution in [1.82, 2.24) is 0 Å². The second kappa shape index (κ2) is 12.4. The predicted octanol–water partition coefficient (Wildman–Crippen LogP) is 3.17. The summed E-state index contributed by atoms with van der Waals surface area (Å²) in [5.74, 6) is 7.78. The highest BCUT2D eigenvalue weighted by molar-refractivity contribution is 5.51. The summed E-state index contributed by atoms with van der Waals surface area (Å²) in [7, 11) is 0. The first-order valence-electron chi connectivity index (χ1n) is 9.03. The summed E-state index contributed by atoms with van der Waals surface area (Å²) < 4.78 is 33.1. The molecule has 0 bridgehead atoms. The van der Waals surface area contributed by atoms with Gasteiger partial charge in [-0.1, -0.05) is 19.3 Å². The second-order valence-corrected chi connectivity index (χ2v) is 5.66. The quantitative estimate of drug-likeness (QED) is 0.396. The van der Waals surface area contributed by atoms with Crippen LogP contribution in [0.4, 0.5) is 0 Å². The zero-order valence-electron chi connectivity index (χ0n) is 15.7. The Hall–Kier alpha value is -1.94. The molecule has 0 amide bonds. The zero-order chi connectivity index (χ0) is 18.5. The minimum Gasteiger partial charge on any atom is -0.480 e. The van der Waals surface area contributed by atoms with E-state index >= 15 is 0 Å². The fourth-order valence-electron chi connectivity index (χ4n) is 2.27. The van der Waals surface area contributed by atoms with Crippen LogP contribution in [0, 0.1) is 11.8 Å². The van der Waals surface area contributed by atoms with Gasteiger partial charge in [0.1, 0.15) is 12.4 Å². The van der Waals surface area contributed by atoms with Crippen LogP contribution in [0.15, 0.2) is 12.1 Å². The van der Waals surface area contributed by atoms with Crippen LogP contribution in [-0.2, 0) is 20.8 Å². The molecule has 0 saturated heterocycles. The first kappa shape index (κ1) is 20.4. The largest absolute Gasteiger partial charge is 0.480 e. The van der Waals surface area contributed by atoms with Crippen molar-refractivity contribution in [2.45, 2.75) is 33.3 Å². The normalized spacial score (nSPS) is 11.9. The average Bonchev–Trinajstić information content (AvgIpc) is 3.10. The molecule has 1 aromatic rings. The number of fused-ring (bicyclic) bond motifs is 1. The minimum atomic E-state index is 0.224. The molecular formula is C20H28O6. The molecule has 6 heteroatoms. The van der Waals surface area contributed by atoms with Gasteiger partial charge in [0.15, 0.2) is 11.5 Å². The highest BCUT2D eigenvalue weighted by Crippen LogP contribution is 2.38. The Bertz CT molecular complexity index is 590. The smallest absolute Gasteiger partial charge is 0.231 e. The number of rotatable bonds is 13. The van der Waals surface area contributed by atoms with Crippen LogP contribution in [0.5, 0.6) is 17.2 Å². The highest BCUT2D eigenvalue weighted by atomic mass is 16.7. The van der Waals surface area contributed by atoms with Crippen LogP contribution < -0.4 is 14.2 Å². The zero-order valence-corrected chi connectivity index (χ0v) is 15.7. The summed E-state index contributed by atoms with van der Waals surface area (Å²) in [6.07, 6.45) is 2.23. The summed E-state index contributed by atoms with van der Waals surface area (Å²) in [5.41, 5.74) is 0.898. The lowest BCUT2D eigenvalue weighted by Gasteiger charge is -2.12. The van der Waals surface area contributed by atoms with Crippen LogP contribution >= 0.6 is 0 Å². The van der Waals surface area contributed by atoms with E-state index in [0.717, 1.165) is 25.0 Å². The van der Waals surface area contributed by atoms with Crippen LogP contribution in [0.3, 0.4) is 0 Å². The van der Waals surface area contributed by atoms with Gasteiger partial charge in [0.2, 0.25) is 6.79 Å². The first-order chi connectivity index (χ1) is 12.8. The standard InChI is InChI=1S/C20H28O6/c1-3-5-7-21-9-10-22-11-12-23-15-17-13-19-20(26-16-25-19)14-18(17)24-8-6-4-2/h13-14H,3,5,7-12,15-16H2,1-2H3. The van der Waals surface area contributed by atoms with Gasteiger partial charge in [-0.25, -0.2) is 0 Å². The van der Waals surface area contributed by atoms with E-state index < -0.39 is 0 Å². The van der Waals surface area contributed by atoms with Crippen molar-refractivity contribution in [2.24, 2.45) is 0 Å². The van der Waals surface area contributed by atoms with E-state index in [9.17, 15) is 0 Å². The molecule has 1 aromatic carbocycles. The van der Waals surface area contributed by atoms with Gasteiger partial charge >= 0.3 is 0 Å². The first-order valence-corrected chi connectivity index (χ1v) is 9.03. The SMILES string of the molecule is CC#CCOc1cc2c(cc1COCCOCCOCCCC)OCO2. The lowest BCUT2D eigenvalue weighted by molar-refractivity contribution is 0.00987. The summed E-state index contributed by atoms with van der Waals surface area (Å²) >= 11 is 0. The average molecular weight is 364 g/mol. The van der Waals surface area contributed by atoms with Crippen molar-refractivity contribution < 1.29 is 28.4 Å². The van der Waals surface area contributed by atoms with E-state index in [4.69, 9.17) is 28.4 Å². The molecule has 0 spiro atoms. The fraction of sp³-hybridized carbons (Fsp3) is 0.600. The van der Waals surface area contributed by atoms with Gasteiger partial charge in [-0.05, 0) is 19.4 Å². The third-order valence-corrected chi connectivity index (χ3v) is 3.68. The molecule has 2 rings (SSSR count). The van der Waals surface area contributed by atoms with Gasteiger partial charge in [-0.15, -0.1) is 5.92 Å². The van der Waals surface area contributed by atoms with Gasteiger partial charge in [0.05, 0.1) is 33.0 Å². The van der Waals surface area contributed by atoms with Crippen molar-refractivity contribution in [1.29, 1.82) is 0 Å². The van der Waals surface area contributed by atoms with Gasteiger partial charge in [0.25, 0.3) is 0 Å². The maximum atomic E-state index is 5.71. The van der Waals surface area contributed by atoms with E-state index in [2.05, 4.69) is 18.8 Å². The molecule has 0 atom stereocenters. The Balaban J connectivity index is 1.69. The van der Waals surface area contributed by atoms with Crippen molar-refractivity contribution in [2.75, 3.05) is 46.4 Å². The van der Waals surface area contributed by atoms with E-state index in [0.29, 0.717) is 56.9 Å². The van der Waals surface area contributed by atoms with E-state index in [1.54, 1.807) is 6.92 Å². The Morgan fingerprint density at radius 2 is 1.65 bits per heavy atom. The maximum absolute atomic E-state index is 5.71. The number of hydrogen-bond acceptors (Lipinski definition) is 6. The Labute approximate surface area is 155 Å². The van der Waals surface area contributed by atoms with Crippen molar-refractivity contribution in [3.8, 4) is 29.1 Å². The summed E-state index contributed by atoms with van der Waals surface area (Å²) in [6, 6.07) is 3.71. The molecule has 0 aromatic heterocycles. The van der Waals surface area contributed by atoms with Crippen molar-refractivity contribution in [3.63, 3.8) is 0 Å². The van der Waals surface area contributed by atoms with E-state index in [1.165, 1.54) is 0 Å². The molecular weight excluding hydrogens is 336 g/mol. The molecule has 0 saturated carbocycles.